The van der Waals surface area contributed by atoms with Crippen LogP contribution in [0.3, 0.4) is 0 Å². The summed E-state index contributed by atoms with van der Waals surface area (Å²) in [5.74, 6) is -2.14. The second-order valence-electron chi connectivity index (χ2n) is 11.6. The normalized spacial score (nSPS) is 30.2. The summed E-state index contributed by atoms with van der Waals surface area (Å²) in [6.45, 7) is 4.41. The van der Waals surface area contributed by atoms with Crippen LogP contribution in [0.25, 0.3) is 0 Å². The molecule has 1 amide bonds. The highest BCUT2D eigenvalue weighted by molar-refractivity contribution is 6.36. The van der Waals surface area contributed by atoms with Crippen molar-refractivity contribution in [2.45, 2.75) is 57.1 Å². The lowest BCUT2D eigenvalue weighted by atomic mass is 9.75. The lowest BCUT2D eigenvalue weighted by molar-refractivity contribution is -0.143. The number of aliphatic imine (C=N–C) groups is 1. The van der Waals surface area contributed by atoms with Gasteiger partial charge in [-0.25, -0.2) is 4.79 Å². The Bertz CT molecular complexity index is 1240. The van der Waals surface area contributed by atoms with E-state index >= 15 is 0 Å². The first-order chi connectivity index (χ1) is 19.6. The van der Waals surface area contributed by atoms with Crippen LogP contribution in [0.5, 0.6) is 0 Å². The number of fused-ring (bicyclic) bond motifs is 1. The van der Waals surface area contributed by atoms with Gasteiger partial charge in [-0.05, 0) is 62.1 Å². The number of halogens is 2. The number of ether oxygens (including phenoxy) is 2. The second-order valence-corrected chi connectivity index (χ2v) is 12.4. The highest BCUT2D eigenvalue weighted by atomic mass is 35.5. The fourth-order valence-electron chi connectivity index (χ4n) is 7.41. The average molecular weight is 607 g/mol. The van der Waals surface area contributed by atoms with Crippen LogP contribution in [0, 0.1) is 17.8 Å². The van der Waals surface area contributed by atoms with Crippen LogP contribution in [-0.2, 0) is 23.9 Å². The van der Waals surface area contributed by atoms with Crippen molar-refractivity contribution in [3.05, 3.63) is 45.1 Å². The average Bonchev–Trinajstić information content (AvgIpc) is 3.50. The molecule has 1 aromatic carbocycles. The van der Waals surface area contributed by atoms with Crippen LogP contribution in [0.4, 0.5) is 0 Å². The number of methoxy groups -OCH3 is 2. The van der Waals surface area contributed by atoms with E-state index < -0.39 is 23.8 Å². The van der Waals surface area contributed by atoms with Crippen molar-refractivity contribution < 1.29 is 29.0 Å². The van der Waals surface area contributed by atoms with Gasteiger partial charge in [0, 0.05) is 53.9 Å². The highest BCUT2D eigenvalue weighted by Crippen LogP contribution is 2.47. The third kappa shape index (κ3) is 5.91. The molecule has 2 aliphatic carbocycles. The van der Waals surface area contributed by atoms with Crippen LogP contribution >= 0.6 is 23.2 Å². The SMILES string of the molecule is COC(=O)C1=C(CC(=O)N2CCN(C3CC4CC(O)CC4C3)CC2)N=C(C)C(C(=O)OC)C1c1c(Cl)cccc1Cl. The van der Waals surface area contributed by atoms with Crippen molar-refractivity contribution in [3.63, 3.8) is 0 Å². The molecule has 0 aromatic heterocycles. The monoisotopic (exact) mass is 605 g/mol. The van der Waals surface area contributed by atoms with Gasteiger partial charge in [0.15, 0.2) is 0 Å². The number of piperazine rings is 1. The van der Waals surface area contributed by atoms with E-state index in [0.717, 1.165) is 38.8 Å². The zero-order valence-corrected chi connectivity index (χ0v) is 25.2. The van der Waals surface area contributed by atoms with E-state index in [0.29, 0.717) is 42.2 Å². The number of hydrogen-bond donors (Lipinski definition) is 1. The number of aliphatic hydroxyl groups excluding tert-OH is 1. The minimum absolute atomic E-state index is 0.0789. The summed E-state index contributed by atoms with van der Waals surface area (Å²) in [4.78, 5) is 48.7. The molecular formula is C30H37Cl2N3O6. The molecule has 9 nitrogen and oxygen atoms in total. The van der Waals surface area contributed by atoms with Crippen molar-refractivity contribution in [2.75, 3.05) is 40.4 Å². The van der Waals surface area contributed by atoms with Gasteiger partial charge in [-0.15, -0.1) is 0 Å². The zero-order chi connectivity index (χ0) is 29.4. The molecule has 1 saturated heterocycles. The standard InChI is InChI=1S/C30H37Cl2N3O6/c1-16-25(29(38)40-2)28(26-21(31)5-4-6-22(26)32)27(30(39)41-3)23(33-16)15-24(37)35-9-7-34(8-10-35)19-11-17-13-20(36)14-18(17)12-19/h4-6,17-20,25,28,36H,7-15H2,1-3H3. The Balaban J connectivity index is 1.37. The molecule has 3 fully saturated rings. The molecule has 2 saturated carbocycles. The first-order valence-corrected chi connectivity index (χ1v) is 15.0. The van der Waals surface area contributed by atoms with Gasteiger partial charge in [-0.1, -0.05) is 29.3 Å². The van der Waals surface area contributed by atoms with Gasteiger partial charge in [-0.2, -0.15) is 0 Å². The van der Waals surface area contributed by atoms with Crippen molar-refractivity contribution in [1.29, 1.82) is 0 Å². The van der Waals surface area contributed by atoms with E-state index in [1.807, 2.05) is 4.90 Å². The van der Waals surface area contributed by atoms with Gasteiger partial charge in [0.05, 0.1) is 38.0 Å². The smallest absolute Gasteiger partial charge is 0.336 e. The molecule has 0 spiro atoms. The van der Waals surface area contributed by atoms with E-state index in [4.69, 9.17) is 32.7 Å². The van der Waals surface area contributed by atoms with E-state index in [2.05, 4.69) is 9.89 Å². The number of aliphatic hydroxyl groups is 1. The van der Waals surface area contributed by atoms with Crippen molar-refractivity contribution >= 4 is 46.8 Å². The number of hydrogen-bond acceptors (Lipinski definition) is 8. The third-order valence-corrected chi connectivity index (χ3v) is 10.0. The fraction of sp³-hybridized carbons (Fsp3) is 0.600. The van der Waals surface area contributed by atoms with E-state index in [9.17, 15) is 19.5 Å². The largest absolute Gasteiger partial charge is 0.468 e. The highest BCUT2D eigenvalue weighted by Gasteiger charge is 2.46. The second kappa shape index (κ2) is 12.4. The summed E-state index contributed by atoms with van der Waals surface area (Å²) < 4.78 is 10.2. The number of carbonyl (C=O) groups excluding carboxylic acids is 3. The molecule has 2 aliphatic heterocycles. The van der Waals surface area contributed by atoms with Crippen molar-refractivity contribution in [1.82, 2.24) is 9.80 Å². The van der Waals surface area contributed by atoms with Gasteiger partial charge >= 0.3 is 11.9 Å². The maximum absolute atomic E-state index is 13.6. The Morgan fingerprint density at radius 3 is 2.15 bits per heavy atom. The molecule has 0 radical (unpaired) electrons. The first-order valence-electron chi connectivity index (χ1n) is 14.2. The first kappa shape index (κ1) is 30.0. The van der Waals surface area contributed by atoms with Crippen LogP contribution < -0.4 is 0 Å². The fourth-order valence-corrected chi connectivity index (χ4v) is 8.05. The number of nitrogens with zero attached hydrogens (tertiary/aromatic N) is 3. The number of rotatable bonds is 6. The third-order valence-electron chi connectivity index (χ3n) is 9.36. The molecule has 41 heavy (non-hydrogen) atoms. The molecule has 2 heterocycles. The van der Waals surface area contributed by atoms with Crippen LogP contribution in [0.1, 0.15) is 50.5 Å². The summed E-state index contributed by atoms with van der Waals surface area (Å²) in [6, 6.07) is 5.46. The number of carbonyl (C=O) groups is 3. The lowest BCUT2D eigenvalue weighted by Crippen LogP contribution is -2.51. The summed E-state index contributed by atoms with van der Waals surface area (Å²) in [7, 11) is 2.51. The Morgan fingerprint density at radius 2 is 1.59 bits per heavy atom. The van der Waals surface area contributed by atoms with Crippen molar-refractivity contribution in [3.8, 4) is 0 Å². The number of benzene rings is 1. The minimum Gasteiger partial charge on any atom is -0.468 e. The predicted octanol–water partition coefficient (Wildman–Crippen LogP) is 3.85. The Kier molecular flexibility index (Phi) is 9.09. The molecule has 1 N–H and O–H groups in total. The van der Waals surface area contributed by atoms with Gasteiger partial charge in [0.1, 0.15) is 5.92 Å². The molecule has 11 heteroatoms. The van der Waals surface area contributed by atoms with E-state index in [-0.39, 0.29) is 39.7 Å². The molecule has 222 valence electrons. The summed E-state index contributed by atoms with van der Waals surface area (Å²) in [5, 5.41) is 10.5. The Labute approximate surface area is 250 Å². The van der Waals surface area contributed by atoms with Gasteiger partial charge < -0.3 is 19.5 Å². The summed E-state index contributed by atoms with van der Waals surface area (Å²) in [6.07, 6.45) is 3.79. The summed E-state index contributed by atoms with van der Waals surface area (Å²) in [5.41, 5.74) is 1.10. The van der Waals surface area contributed by atoms with Crippen molar-refractivity contribution in [2.24, 2.45) is 22.7 Å². The topological polar surface area (TPSA) is 109 Å². The van der Waals surface area contributed by atoms with Gasteiger partial charge in [0.2, 0.25) is 5.91 Å². The van der Waals surface area contributed by atoms with Gasteiger partial charge in [0.25, 0.3) is 0 Å². The quantitative estimate of drug-likeness (QED) is 0.490. The number of esters is 2. The van der Waals surface area contributed by atoms with Crippen LogP contribution in [0.15, 0.2) is 34.5 Å². The summed E-state index contributed by atoms with van der Waals surface area (Å²) >= 11 is 13.1. The maximum atomic E-state index is 13.6. The molecule has 4 atom stereocenters. The van der Waals surface area contributed by atoms with E-state index in [1.165, 1.54) is 14.2 Å². The minimum atomic E-state index is -0.971. The molecule has 5 rings (SSSR count). The Morgan fingerprint density at radius 1 is 0.976 bits per heavy atom. The zero-order valence-electron chi connectivity index (χ0n) is 23.6. The molecular weight excluding hydrogens is 569 g/mol. The molecule has 4 aliphatic rings. The Hall–Kier alpha value is -2.46. The number of amides is 1. The molecule has 0 bridgehead atoms. The van der Waals surface area contributed by atoms with Crippen LogP contribution in [0.2, 0.25) is 10.0 Å². The predicted molar refractivity (Wildman–Crippen MR) is 155 cm³/mol. The van der Waals surface area contributed by atoms with Gasteiger partial charge in [-0.3, -0.25) is 19.5 Å². The van der Waals surface area contributed by atoms with Crippen LogP contribution in [-0.4, -0.2) is 91.0 Å². The molecule has 4 unspecified atom stereocenters. The lowest BCUT2D eigenvalue weighted by Gasteiger charge is -2.39. The van der Waals surface area contributed by atoms with E-state index in [1.54, 1.807) is 25.1 Å². The molecule has 1 aromatic rings. The maximum Gasteiger partial charge on any atom is 0.336 e.